The van der Waals surface area contributed by atoms with Gasteiger partial charge < -0.3 is 19.6 Å². The molecule has 0 aliphatic carbocycles. The van der Waals surface area contributed by atoms with Crippen molar-refractivity contribution in [1.82, 2.24) is 19.8 Å². The first kappa shape index (κ1) is 21.8. The highest BCUT2D eigenvalue weighted by molar-refractivity contribution is 8.00. The van der Waals surface area contributed by atoms with Crippen LogP contribution < -0.4 is 4.90 Å². The summed E-state index contributed by atoms with van der Waals surface area (Å²) in [6, 6.07) is 2.23. The molecule has 32 heavy (non-hydrogen) atoms. The van der Waals surface area contributed by atoms with Crippen molar-refractivity contribution in [3.05, 3.63) is 29.5 Å². The Morgan fingerprint density at radius 3 is 2.56 bits per heavy atom. The zero-order chi connectivity index (χ0) is 22.2. The van der Waals surface area contributed by atoms with Crippen LogP contribution >= 0.6 is 11.8 Å². The van der Waals surface area contributed by atoms with Crippen LogP contribution in [0.3, 0.4) is 0 Å². The maximum atomic E-state index is 14.0. The van der Waals surface area contributed by atoms with Gasteiger partial charge in [-0.15, -0.1) is 11.8 Å². The van der Waals surface area contributed by atoms with Gasteiger partial charge in [0, 0.05) is 63.0 Å². The lowest BCUT2D eigenvalue weighted by Gasteiger charge is -2.33. The maximum Gasteiger partial charge on any atom is 0.200 e. The predicted molar refractivity (Wildman–Crippen MR) is 119 cm³/mol. The number of hydrogen-bond acceptors (Lipinski definition) is 8. The fourth-order valence-corrected chi connectivity index (χ4v) is 5.81. The summed E-state index contributed by atoms with van der Waals surface area (Å²) >= 11 is 1.82. The van der Waals surface area contributed by atoms with Crippen molar-refractivity contribution in [3.8, 4) is 17.1 Å². The monoisotopic (exact) mass is 463 g/mol. The fourth-order valence-electron chi connectivity index (χ4n) is 4.41. The van der Waals surface area contributed by atoms with Gasteiger partial charge in [-0.2, -0.15) is 4.39 Å². The van der Waals surface area contributed by atoms with E-state index in [1.165, 1.54) is 6.07 Å². The molecule has 2 saturated heterocycles. The molecule has 0 spiro atoms. The minimum atomic E-state index is -1.26. The molecule has 0 radical (unpaired) electrons. The molecule has 10 heteroatoms. The van der Waals surface area contributed by atoms with E-state index in [4.69, 9.17) is 14.7 Å². The van der Waals surface area contributed by atoms with E-state index in [2.05, 4.69) is 21.7 Å². The minimum Gasteiger partial charge on any atom is -0.505 e. The molecule has 3 aliphatic heterocycles. The van der Waals surface area contributed by atoms with Crippen LogP contribution in [0.4, 0.5) is 14.6 Å². The highest BCUT2D eigenvalue weighted by atomic mass is 32.2. The number of aromatic hydroxyl groups is 1. The van der Waals surface area contributed by atoms with Crippen LogP contribution in [0.2, 0.25) is 0 Å². The number of anilines is 1. The zero-order valence-corrected chi connectivity index (χ0v) is 18.9. The van der Waals surface area contributed by atoms with E-state index in [1.807, 2.05) is 11.8 Å². The largest absolute Gasteiger partial charge is 0.505 e. The molecule has 0 saturated carbocycles. The standard InChI is InChI=1S/C22H27F2N5O2S/c1-27-2-4-28(5-3-27)13-15-12-17-20(32-15)22(29-6-8-31-9-7-29)26-21(25-17)14-10-16(23)19(24)18(30)11-14/h10-11,15,30H,2-9,12-13H2,1H3. The average Bonchev–Trinajstić information content (AvgIpc) is 3.21. The summed E-state index contributed by atoms with van der Waals surface area (Å²) in [6.07, 6.45) is 0.800. The van der Waals surface area contributed by atoms with Crippen LogP contribution in [-0.4, -0.2) is 96.2 Å². The van der Waals surface area contributed by atoms with Crippen LogP contribution in [0.1, 0.15) is 5.69 Å². The Hall–Kier alpha value is -2.01. The molecular weight excluding hydrogens is 436 g/mol. The molecule has 1 aromatic carbocycles. The number of morpholine rings is 1. The molecule has 1 unspecified atom stereocenters. The number of thioether (sulfide) groups is 1. The van der Waals surface area contributed by atoms with E-state index in [0.29, 0.717) is 24.3 Å². The van der Waals surface area contributed by atoms with Gasteiger partial charge >= 0.3 is 0 Å². The number of piperazine rings is 1. The number of nitrogens with zero attached hydrogens (tertiary/aromatic N) is 5. The summed E-state index contributed by atoms with van der Waals surface area (Å²) in [4.78, 5) is 17.6. The Bertz CT molecular complexity index is 974. The van der Waals surface area contributed by atoms with Gasteiger partial charge in [-0.3, -0.25) is 4.90 Å². The Kier molecular flexibility index (Phi) is 6.20. The second-order valence-electron chi connectivity index (χ2n) is 8.59. The highest BCUT2D eigenvalue weighted by Gasteiger charge is 2.32. The van der Waals surface area contributed by atoms with Gasteiger partial charge in [0.2, 0.25) is 0 Å². The molecular formula is C22H27F2N5O2S. The summed E-state index contributed by atoms with van der Waals surface area (Å²) < 4.78 is 33.1. The minimum absolute atomic E-state index is 0.270. The first-order valence-corrected chi connectivity index (χ1v) is 11.9. The smallest absolute Gasteiger partial charge is 0.200 e. The average molecular weight is 464 g/mol. The van der Waals surface area contributed by atoms with Crippen molar-refractivity contribution < 1.29 is 18.6 Å². The number of halogens is 2. The van der Waals surface area contributed by atoms with Gasteiger partial charge in [-0.1, -0.05) is 0 Å². The van der Waals surface area contributed by atoms with Crippen molar-refractivity contribution in [3.63, 3.8) is 0 Å². The van der Waals surface area contributed by atoms with Gasteiger partial charge in [0.1, 0.15) is 5.82 Å². The number of benzene rings is 1. The second kappa shape index (κ2) is 9.09. The van der Waals surface area contributed by atoms with Crippen LogP contribution in [-0.2, 0) is 11.2 Å². The number of aromatic nitrogens is 2. The fraction of sp³-hybridized carbons (Fsp3) is 0.545. The predicted octanol–water partition coefficient (Wildman–Crippen LogP) is 2.23. The van der Waals surface area contributed by atoms with Crippen molar-refractivity contribution >= 4 is 17.6 Å². The highest BCUT2D eigenvalue weighted by Crippen LogP contribution is 2.43. The van der Waals surface area contributed by atoms with Gasteiger partial charge in [0.05, 0.1) is 23.8 Å². The molecule has 172 valence electrons. The summed E-state index contributed by atoms with van der Waals surface area (Å²) in [5.41, 5.74) is 1.20. The lowest BCUT2D eigenvalue weighted by Crippen LogP contribution is -2.46. The molecule has 1 aromatic heterocycles. The quantitative estimate of drug-likeness (QED) is 0.741. The molecule has 2 aromatic rings. The number of hydrogen-bond donors (Lipinski definition) is 1. The molecule has 4 heterocycles. The van der Waals surface area contributed by atoms with E-state index in [1.54, 1.807) is 0 Å². The summed E-state index contributed by atoms with van der Waals surface area (Å²) in [5, 5.41) is 10.2. The molecule has 1 N–H and O–H groups in total. The Balaban J connectivity index is 1.46. The molecule has 1 atom stereocenters. The number of rotatable bonds is 4. The second-order valence-corrected chi connectivity index (χ2v) is 9.90. The molecule has 0 amide bonds. The van der Waals surface area contributed by atoms with Gasteiger partial charge in [0.25, 0.3) is 0 Å². The Morgan fingerprint density at radius 1 is 1.09 bits per heavy atom. The Morgan fingerprint density at radius 2 is 1.84 bits per heavy atom. The number of ether oxygens (including phenoxy) is 1. The van der Waals surface area contributed by atoms with Crippen molar-refractivity contribution in [2.45, 2.75) is 16.6 Å². The van der Waals surface area contributed by atoms with Crippen LogP contribution in [0.15, 0.2) is 17.0 Å². The van der Waals surface area contributed by atoms with Crippen molar-refractivity contribution in [2.24, 2.45) is 0 Å². The van der Waals surface area contributed by atoms with Crippen molar-refractivity contribution in [1.29, 1.82) is 0 Å². The van der Waals surface area contributed by atoms with Crippen LogP contribution in [0, 0.1) is 11.6 Å². The first-order chi connectivity index (χ1) is 15.5. The summed E-state index contributed by atoms with van der Waals surface area (Å²) in [7, 11) is 2.15. The number of fused-ring (bicyclic) bond motifs is 1. The molecule has 0 bridgehead atoms. The van der Waals surface area contributed by atoms with E-state index in [-0.39, 0.29) is 5.56 Å². The molecule has 7 nitrogen and oxygen atoms in total. The lowest BCUT2D eigenvalue weighted by atomic mass is 10.1. The SMILES string of the molecule is CN1CCN(CC2Cc3nc(-c4cc(O)c(F)c(F)c4)nc(N4CCOCC4)c3S2)CC1. The van der Waals surface area contributed by atoms with E-state index < -0.39 is 17.4 Å². The molecule has 2 fully saturated rings. The maximum absolute atomic E-state index is 14.0. The third-order valence-electron chi connectivity index (χ3n) is 6.26. The van der Waals surface area contributed by atoms with Gasteiger partial charge in [-0.25, -0.2) is 14.4 Å². The number of phenols is 1. The summed E-state index contributed by atoms with van der Waals surface area (Å²) in [6.45, 7) is 7.94. The van der Waals surface area contributed by atoms with Gasteiger partial charge in [0.15, 0.2) is 23.2 Å². The van der Waals surface area contributed by atoms with E-state index in [9.17, 15) is 13.9 Å². The van der Waals surface area contributed by atoms with E-state index in [0.717, 1.165) is 74.7 Å². The number of likely N-dealkylation sites (N-methyl/N-ethyl adjacent to an activating group) is 1. The molecule has 5 rings (SSSR count). The summed E-state index contributed by atoms with van der Waals surface area (Å²) in [5.74, 6) is -1.98. The van der Waals surface area contributed by atoms with Crippen molar-refractivity contribution in [2.75, 3.05) is 71.0 Å². The van der Waals surface area contributed by atoms with E-state index >= 15 is 0 Å². The Labute approximate surface area is 190 Å². The number of phenolic OH excluding ortho intramolecular Hbond substituents is 1. The van der Waals surface area contributed by atoms with Crippen LogP contribution in [0.25, 0.3) is 11.4 Å². The third kappa shape index (κ3) is 4.41. The third-order valence-corrected chi connectivity index (χ3v) is 7.56. The first-order valence-electron chi connectivity index (χ1n) is 11.0. The lowest BCUT2D eigenvalue weighted by molar-refractivity contribution is 0.122. The normalized spacial score (nSPS) is 22.3. The molecule has 3 aliphatic rings. The zero-order valence-electron chi connectivity index (χ0n) is 18.1. The van der Waals surface area contributed by atoms with Crippen LogP contribution in [0.5, 0.6) is 5.75 Å². The topological polar surface area (TPSA) is 65.0 Å². The van der Waals surface area contributed by atoms with Gasteiger partial charge in [-0.05, 0) is 19.2 Å².